The molecule has 0 heterocycles. The zero-order valence-corrected chi connectivity index (χ0v) is 17.9. The number of hydrogen-bond acceptors (Lipinski definition) is 4. The zero-order chi connectivity index (χ0) is 20.2. The third-order valence-corrected chi connectivity index (χ3v) is 4.87. The number of rotatable bonds is 20. The summed E-state index contributed by atoms with van der Waals surface area (Å²) >= 11 is 0. The lowest BCUT2D eigenvalue weighted by atomic mass is 10.0. The van der Waals surface area contributed by atoms with E-state index in [1.54, 1.807) is 0 Å². The van der Waals surface area contributed by atoms with Crippen LogP contribution in [-0.4, -0.2) is 36.5 Å². The summed E-state index contributed by atoms with van der Waals surface area (Å²) in [7, 11) is 0. The lowest BCUT2D eigenvalue weighted by Gasteiger charge is -2.23. The highest BCUT2D eigenvalue weighted by Gasteiger charge is 2.21. The van der Waals surface area contributed by atoms with E-state index in [0.29, 0.717) is 13.0 Å². The fourth-order valence-electron chi connectivity index (χ4n) is 3.12. The molecule has 0 aromatic carbocycles. The van der Waals surface area contributed by atoms with Crippen LogP contribution >= 0.6 is 0 Å². The van der Waals surface area contributed by atoms with Gasteiger partial charge in [0.05, 0.1) is 6.10 Å². The fraction of sp³-hybridized carbons (Fsp3) is 0.870. The smallest absolute Gasteiger partial charge is 0.302 e. The van der Waals surface area contributed by atoms with Gasteiger partial charge in [0.15, 0.2) is 0 Å². The van der Waals surface area contributed by atoms with Crippen molar-refractivity contribution >= 4 is 5.97 Å². The van der Waals surface area contributed by atoms with Crippen molar-refractivity contribution < 1.29 is 19.4 Å². The quantitative estimate of drug-likeness (QED) is 0.160. The van der Waals surface area contributed by atoms with Crippen molar-refractivity contribution in [2.24, 2.45) is 0 Å². The number of carbonyl (C=O) groups is 1. The van der Waals surface area contributed by atoms with E-state index >= 15 is 0 Å². The summed E-state index contributed by atoms with van der Waals surface area (Å²) in [5.41, 5.74) is 0. The Morgan fingerprint density at radius 2 is 1.56 bits per heavy atom. The summed E-state index contributed by atoms with van der Waals surface area (Å²) in [6.45, 7) is 8.06. The first-order chi connectivity index (χ1) is 13.1. The fourth-order valence-corrected chi connectivity index (χ4v) is 3.12. The third kappa shape index (κ3) is 18.3. The third-order valence-electron chi connectivity index (χ3n) is 4.87. The summed E-state index contributed by atoms with van der Waals surface area (Å²) in [5.74, 6) is -0.332. The van der Waals surface area contributed by atoms with Crippen LogP contribution in [0.1, 0.15) is 104 Å². The lowest BCUT2D eigenvalue weighted by Crippen LogP contribution is -2.34. The van der Waals surface area contributed by atoms with E-state index in [2.05, 4.69) is 13.5 Å². The van der Waals surface area contributed by atoms with Gasteiger partial charge in [0, 0.05) is 13.5 Å². The highest BCUT2D eigenvalue weighted by atomic mass is 16.6. The van der Waals surface area contributed by atoms with E-state index in [4.69, 9.17) is 9.47 Å². The van der Waals surface area contributed by atoms with Crippen LogP contribution < -0.4 is 0 Å². The average molecular weight is 385 g/mol. The average Bonchev–Trinajstić information content (AvgIpc) is 2.65. The number of allylic oxidation sites excluding steroid dienone is 1. The maximum Gasteiger partial charge on any atom is 0.302 e. The second-order valence-electron chi connectivity index (χ2n) is 7.53. The molecule has 4 nitrogen and oxygen atoms in total. The highest BCUT2D eigenvalue weighted by Crippen LogP contribution is 2.14. The standard InChI is InChI=1S/C23H44O4/c1-4-6-8-10-11-12-13-14-15-16-18-22(25)23(20-27-21(3)24)26-19-17-9-7-5-2/h5,22-23,25H,2,4,6-20H2,1,3H3/t22?,23-/m1/s1. The summed E-state index contributed by atoms with van der Waals surface area (Å²) in [6, 6.07) is 0. The Balaban J connectivity index is 3.83. The first kappa shape index (κ1) is 26.1. The highest BCUT2D eigenvalue weighted by molar-refractivity contribution is 5.65. The van der Waals surface area contributed by atoms with Gasteiger partial charge in [-0.1, -0.05) is 77.2 Å². The second-order valence-corrected chi connectivity index (χ2v) is 7.53. The molecule has 2 atom stereocenters. The van der Waals surface area contributed by atoms with Crippen LogP contribution in [0.5, 0.6) is 0 Å². The summed E-state index contributed by atoms with van der Waals surface area (Å²) in [6.07, 6.45) is 17.3. The largest absolute Gasteiger partial charge is 0.463 e. The van der Waals surface area contributed by atoms with E-state index in [1.165, 1.54) is 58.3 Å². The van der Waals surface area contributed by atoms with Crippen LogP contribution in [0.3, 0.4) is 0 Å². The molecule has 1 unspecified atom stereocenters. The Morgan fingerprint density at radius 3 is 2.11 bits per heavy atom. The van der Waals surface area contributed by atoms with E-state index in [1.807, 2.05) is 6.08 Å². The number of aliphatic hydroxyl groups is 1. The van der Waals surface area contributed by atoms with Crippen molar-refractivity contribution in [2.75, 3.05) is 13.2 Å². The molecule has 0 spiro atoms. The molecule has 0 saturated heterocycles. The van der Waals surface area contributed by atoms with Crippen molar-refractivity contribution in [3.05, 3.63) is 12.7 Å². The first-order valence-corrected chi connectivity index (χ1v) is 11.2. The van der Waals surface area contributed by atoms with Gasteiger partial charge in [-0.25, -0.2) is 0 Å². The van der Waals surface area contributed by atoms with E-state index in [-0.39, 0.29) is 12.6 Å². The number of ether oxygens (including phenoxy) is 2. The summed E-state index contributed by atoms with van der Waals surface area (Å²) in [5, 5.41) is 10.4. The molecule has 0 radical (unpaired) electrons. The number of hydrogen-bond donors (Lipinski definition) is 1. The molecule has 0 saturated carbocycles. The molecule has 0 bridgehead atoms. The van der Waals surface area contributed by atoms with Crippen LogP contribution in [0.4, 0.5) is 0 Å². The van der Waals surface area contributed by atoms with Gasteiger partial charge in [0.1, 0.15) is 12.7 Å². The molecule has 0 aliphatic rings. The van der Waals surface area contributed by atoms with Crippen LogP contribution in [-0.2, 0) is 14.3 Å². The Bertz CT molecular complexity index is 343. The minimum atomic E-state index is -0.571. The molecule has 0 aliphatic carbocycles. The van der Waals surface area contributed by atoms with Crippen LogP contribution in [0.25, 0.3) is 0 Å². The van der Waals surface area contributed by atoms with Crippen molar-refractivity contribution in [1.29, 1.82) is 0 Å². The Kier molecular flexibility index (Phi) is 19.2. The maximum absolute atomic E-state index is 11.1. The van der Waals surface area contributed by atoms with Crippen LogP contribution in [0, 0.1) is 0 Å². The molecular weight excluding hydrogens is 340 g/mol. The topological polar surface area (TPSA) is 55.8 Å². The first-order valence-electron chi connectivity index (χ1n) is 11.2. The lowest BCUT2D eigenvalue weighted by molar-refractivity contribution is -0.149. The van der Waals surface area contributed by atoms with Crippen LogP contribution in [0.15, 0.2) is 12.7 Å². The van der Waals surface area contributed by atoms with Gasteiger partial charge >= 0.3 is 5.97 Å². The molecule has 0 aromatic heterocycles. The molecule has 160 valence electrons. The van der Waals surface area contributed by atoms with Crippen molar-refractivity contribution in [3.8, 4) is 0 Å². The number of aliphatic hydroxyl groups excluding tert-OH is 1. The molecule has 4 heteroatoms. The van der Waals surface area contributed by atoms with Gasteiger partial charge in [-0.05, 0) is 25.7 Å². The Labute approximate surface area is 167 Å². The van der Waals surface area contributed by atoms with Gasteiger partial charge in [0.25, 0.3) is 0 Å². The van der Waals surface area contributed by atoms with Crippen molar-refractivity contribution in [2.45, 2.75) is 116 Å². The normalized spacial score (nSPS) is 13.3. The number of carbonyl (C=O) groups excluding carboxylic acids is 1. The summed E-state index contributed by atoms with van der Waals surface area (Å²) in [4.78, 5) is 11.1. The molecule has 0 aliphatic heterocycles. The SMILES string of the molecule is C=CCCCCO[C@H](COC(C)=O)C(O)CCCCCCCCCCCC. The monoisotopic (exact) mass is 384 g/mol. The van der Waals surface area contributed by atoms with Crippen molar-refractivity contribution in [1.82, 2.24) is 0 Å². The van der Waals surface area contributed by atoms with Gasteiger partial charge < -0.3 is 14.6 Å². The molecule has 0 rings (SSSR count). The molecular formula is C23H44O4. The molecule has 0 aromatic rings. The molecule has 27 heavy (non-hydrogen) atoms. The Hall–Kier alpha value is -0.870. The summed E-state index contributed by atoms with van der Waals surface area (Å²) < 4.78 is 10.8. The molecule has 0 fully saturated rings. The van der Waals surface area contributed by atoms with Gasteiger partial charge in [-0.2, -0.15) is 0 Å². The number of unbranched alkanes of at least 4 members (excludes halogenated alkanes) is 11. The second kappa shape index (κ2) is 19.9. The van der Waals surface area contributed by atoms with Crippen molar-refractivity contribution in [3.63, 3.8) is 0 Å². The predicted molar refractivity (Wildman–Crippen MR) is 113 cm³/mol. The van der Waals surface area contributed by atoms with Gasteiger partial charge in [0.2, 0.25) is 0 Å². The van der Waals surface area contributed by atoms with E-state index in [9.17, 15) is 9.90 Å². The molecule has 0 amide bonds. The maximum atomic E-state index is 11.1. The van der Waals surface area contributed by atoms with Gasteiger partial charge in [-0.15, -0.1) is 6.58 Å². The minimum Gasteiger partial charge on any atom is -0.463 e. The number of esters is 1. The zero-order valence-electron chi connectivity index (χ0n) is 17.9. The predicted octanol–water partition coefficient (Wildman–Crippen LogP) is 5.96. The van der Waals surface area contributed by atoms with E-state index in [0.717, 1.165) is 32.1 Å². The van der Waals surface area contributed by atoms with Crippen LogP contribution in [0.2, 0.25) is 0 Å². The Morgan fingerprint density at radius 1 is 0.963 bits per heavy atom. The van der Waals surface area contributed by atoms with E-state index < -0.39 is 12.2 Å². The minimum absolute atomic E-state index is 0.135. The molecule has 1 N–H and O–H groups in total. The van der Waals surface area contributed by atoms with Gasteiger partial charge in [-0.3, -0.25) is 4.79 Å².